The van der Waals surface area contributed by atoms with E-state index in [0.717, 1.165) is 9.13 Å². The Labute approximate surface area is 95.6 Å². The van der Waals surface area contributed by atoms with Gasteiger partial charge in [-0.15, -0.1) is 11.6 Å². The molecule has 0 radical (unpaired) electrons. The molecule has 0 fully saturated rings. The van der Waals surface area contributed by atoms with Crippen molar-refractivity contribution in [3.8, 4) is 0 Å². The van der Waals surface area contributed by atoms with Crippen LogP contribution in [0.5, 0.6) is 0 Å². The molecule has 13 heavy (non-hydrogen) atoms. The Morgan fingerprint density at radius 2 is 2.00 bits per heavy atom. The van der Waals surface area contributed by atoms with Gasteiger partial charge in [-0.1, -0.05) is 12.1 Å². The predicted molar refractivity (Wildman–Crippen MR) is 61.7 cm³/mol. The first kappa shape index (κ1) is 10.8. The lowest BCUT2D eigenvalue weighted by Crippen LogP contribution is -2.25. The number of primary amides is 1. The third kappa shape index (κ3) is 3.52. The van der Waals surface area contributed by atoms with Gasteiger partial charge in [0.15, 0.2) is 0 Å². The van der Waals surface area contributed by atoms with Crippen molar-refractivity contribution >= 4 is 40.1 Å². The van der Waals surface area contributed by atoms with Crippen LogP contribution in [0.1, 0.15) is 5.56 Å². The van der Waals surface area contributed by atoms with Crippen LogP contribution in [0.25, 0.3) is 0 Å². The monoisotopic (exact) mass is 309 g/mol. The number of alkyl halides is 1. The van der Waals surface area contributed by atoms with Crippen molar-refractivity contribution in [1.82, 2.24) is 0 Å². The van der Waals surface area contributed by atoms with Crippen LogP contribution in [-0.4, -0.2) is 11.3 Å². The average Bonchev–Trinajstić information content (AvgIpc) is 2.08. The second kappa shape index (κ2) is 4.81. The first-order valence-corrected chi connectivity index (χ1v) is 5.29. The Balaban J connectivity index is 2.64. The molecule has 2 nitrogen and oxygen atoms in total. The molecule has 0 spiro atoms. The zero-order valence-corrected chi connectivity index (χ0v) is 9.75. The molecule has 0 aliphatic heterocycles. The van der Waals surface area contributed by atoms with Crippen LogP contribution in [0, 0.1) is 3.57 Å². The van der Waals surface area contributed by atoms with Crippen LogP contribution in [-0.2, 0) is 11.2 Å². The molecule has 0 heterocycles. The summed E-state index contributed by atoms with van der Waals surface area (Å²) in [7, 11) is 0. The van der Waals surface area contributed by atoms with E-state index in [4.69, 9.17) is 17.3 Å². The highest BCUT2D eigenvalue weighted by Gasteiger charge is 2.11. The maximum atomic E-state index is 10.7. The number of hydrogen-bond donors (Lipinski definition) is 1. The number of hydrogen-bond acceptors (Lipinski definition) is 1. The van der Waals surface area contributed by atoms with Crippen LogP contribution in [0.3, 0.4) is 0 Å². The minimum absolute atomic E-state index is 0.472. The summed E-state index contributed by atoms with van der Waals surface area (Å²) in [5.74, 6) is -0.472. The highest BCUT2D eigenvalue weighted by atomic mass is 127. The lowest BCUT2D eigenvalue weighted by Gasteiger charge is -2.04. The quantitative estimate of drug-likeness (QED) is 0.673. The number of carbonyl (C=O) groups excluding carboxylic acids is 1. The van der Waals surface area contributed by atoms with Gasteiger partial charge in [-0.3, -0.25) is 4.79 Å². The largest absolute Gasteiger partial charge is 0.368 e. The van der Waals surface area contributed by atoms with Crippen molar-refractivity contribution in [2.45, 2.75) is 11.8 Å². The molecule has 1 atom stereocenters. The Morgan fingerprint density at radius 1 is 1.46 bits per heavy atom. The van der Waals surface area contributed by atoms with E-state index in [9.17, 15) is 4.79 Å². The lowest BCUT2D eigenvalue weighted by molar-refractivity contribution is -0.117. The summed E-state index contributed by atoms with van der Waals surface area (Å²) in [6.45, 7) is 0. The van der Waals surface area contributed by atoms with E-state index in [2.05, 4.69) is 22.6 Å². The summed E-state index contributed by atoms with van der Waals surface area (Å²) < 4.78 is 1.16. The lowest BCUT2D eigenvalue weighted by atomic mass is 10.1. The number of carbonyl (C=O) groups is 1. The number of nitrogens with two attached hydrogens (primary N) is 1. The minimum atomic E-state index is -0.611. The van der Waals surface area contributed by atoms with Crippen molar-refractivity contribution in [2.24, 2.45) is 5.73 Å². The minimum Gasteiger partial charge on any atom is -0.368 e. The molecule has 0 saturated carbocycles. The van der Waals surface area contributed by atoms with Gasteiger partial charge in [0.2, 0.25) is 5.91 Å². The Bertz CT molecular complexity index is 299. The molecule has 1 unspecified atom stereocenters. The van der Waals surface area contributed by atoms with Crippen LogP contribution in [0.2, 0.25) is 0 Å². The van der Waals surface area contributed by atoms with Gasteiger partial charge >= 0.3 is 0 Å². The second-order valence-electron chi connectivity index (χ2n) is 2.70. The molecule has 0 saturated heterocycles. The van der Waals surface area contributed by atoms with E-state index in [1.165, 1.54) is 0 Å². The van der Waals surface area contributed by atoms with Crippen LogP contribution >= 0.6 is 34.2 Å². The van der Waals surface area contributed by atoms with E-state index >= 15 is 0 Å². The Hall–Kier alpha value is -0.290. The topological polar surface area (TPSA) is 43.1 Å². The van der Waals surface area contributed by atoms with Crippen LogP contribution < -0.4 is 5.73 Å². The molecule has 1 aromatic carbocycles. The fourth-order valence-corrected chi connectivity index (χ4v) is 1.47. The van der Waals surface area contributed by atoms with E-state index in [1.54, 1.807) is 0 Å². The summed E-state index contributed by atoms with van der Waals surface area (Å²) in [5.41, 5.74) is 6.07. The Kier molecular flexibility index (Phi) is 3.99. The van der Waals surface area contributed by atoms with Crippen LogP contribution in [0.4, 0.5) is 0 Å². The first-order valence-electron chi connectivity index (χ1n) is 3.77. The highest BCUT2D eigenvalue weighted by Crippen LogP contribution is 2.10. The number of rotatable bonds is 3. The molecule has 4 heteroatoms. The Morgan fingerprint density at radius 3 is 2.46 bits per heavy atom. The normalized spacial score (nSPS) is 12.5. The van der Waals surface area contributed by atoms with Crippen molar-refractivity contribution in [3.63, 3.8) is 0 Å². The SMILES string of the molecule is NC(=O)C(Cl)Cc1ccc(I)cc1. The summed E-state index contributed by atoms with van der Waals surface area (Å²) >= 11 is 7.93. The van der Waals surface area contributed by atoms with Gasteiger partial charge in [0.1, 0.15) is 5.38 Å². The molecule has 70 valence electrons. The summed E-state index contributed by atoms with van der Waals surface area (Å²) in [6.07, 6.45) is 0.494. The molecule has 0 aliphatic rings. The number of amides is 1. The van der Waals surface area contributed by atoms with Gasteiger partial charge in [-0.25, -0.2) is 0 Å². The maximum absolute atomic E-state index is 10.7. The third-order valence-electron chi connectivity index (χ3n) is 1.64. The van der Waals surface area contributed by atoms with E-state index < -0.39 is 11.3 Å². The molecule has 2 N–H and O–H groups in total. The van der Waals surface area contributed by atoms with Crippen molar-refractivity contribution in [3.05, 3.63) is 33.4 Å². The van der Waals surface area contributed by atoms with Gasteiger partial charge in [-0.05, 0) is 46.7 Å². The van der Waals surface area contributed by atoms with Crippen molar-refractivity contribution in [1.29, 1.82) is 0 Å². The van der Waals surface area contributed by atoms with Gasteiger partial charge in [0, 0.05) is 3.57 Å². The van der Waals surface area contributed by atoms with Gasteiger partial charge in [0.05, 0.1) is 0 Å². The van der Waals surface area contributed by atoms with Gasteiger partial charge < -0.3 is 5.73 Å². The molecule has 0 aromatic heterocycles. The highest BCUT2D eigenvalue weighted by molar-refractivity contribution is 14.1. The van der Waals surface area contributed by atoms with Gasteiger partial charge in [0.25, 0.3) is 0 Å². The zero-order valence-electron chi connectivity index (χ0n) is 6.84. The van der Waals surface area contributed by atoms with Crippen LogP contribution in [0.15, 0.2) is 24.3 Å². The van der Waals surface area contributed by atoms with Crippen molar-refractivity contribution in [2.75, 3.05) is 0 Å². The average molecular weight is 310 g/mol. The van der Waals surface area contributed by atoms with E-state index in [1.807, 2.05) is 24.3 Å². The summed E-state index contributed by atoms with van der Waals surface area (Å²) in [6, 6.07) is 7.83. The standard InChI is InChI=1S/C9H9ClINO/c10-8(9(12)13)5-6-1-3-7(11)4-2-6/h1-4,8H,5H2,(H2,12,13). The van der Waals surface area contributed by atoms with E-state index in [0.29, 0.717) is 6.42 Å². The second-order valence-corrected chi connectivity index (χ2v) is 4.47. The number of halogens is 2. The molecular weight excluding hydrogens is 300 g/mol. The molecule has 1 rings (SSSR count). The smallest absolute Gasteiger partial charge is 0.235 e. The van der Waals surface area contributed by atoms with Crippen molar-refractivity contribution < 1.29 is 4.79 Å². The fraction of sp³-hybridized carbons (Fsp3) is 0.222. The fourth-order valence-electron chi connectivity index (χ4n) is 0.928. The first-order chi connectivity index (χ1) is 6.09. The molecule has 0 bridgehead atoms. The summed E-state index contributed by atoms with van der Waals surface area (Å²) in [5, 5.41) is -0.611. The van der Waals surface area contributed by atoms with E-state index in [-0.39, 0.29) is 0 Å². The summed E-state index contributed by atoms with van der Waals surface area (Å²) in [4.78, 5) is 10.7. The molecule has 1 aromatic rings. The molecular formula is C9H9ClINO. The predicted octanol–water partition coefficient (Wildman–Crippen LogP) is 1.93. The molecule has 0 aliphatic carbocycles. The molecule has 1 amide bonds. The van der Waals surface area contributed by atoms with Gasteiger partial charge in [-0.2, -0.15) is 0 Å². The maximum Gasteiger partial charge on any atom is 0.235 e. The number of benzene rings is 1. The third-order valence-corrected chi connectivity index (χ3v) is 2.73. The zero-order chi connectivity index (χ0) is 9.84.